The Hall–Kier alpha value is -1.60. The summed E-state index contributed by atoms with van der Waals surface area (Å²) in [6.07, 6.45) is 1.59. The maximum absolute atomic E-state index is 12.2. The van der Waals surface area contributed by atoms with Gasteiger partial charge in [-0.2, -0.15) is 0 Å². The smallest absolute Gasteiger partial charge is 0.234 e. The van der Waals surface area contributed by atoms with E-state index in [0.717, 1.165) is 21.8 Å². The Kier molecular flexibility index (Phi) is 7.71. The molecular formula is C19H23NO3S2. The van der Waals surface area contributed by atoms with Gasteiger partial charge >= 0.3 is 0 Å². The highest BCUT2D eigenvalue weighted by molar-refractivity contribution is 7.99. The van der Waals surface area contributed by atoms with Gasteiger partial charge in [0.2, 0.25) is 10.0 Å². The summed E-state index contributed by atoms with van der Waals surface area (Å²) in [5.41, 5.74) is 1.77. The molecule has 6 heteroatoms. The average molecular weight is 378 g/mol. The fraction of sp³-hybridized carbons (Fsp3) is 0.263. The Morgan fingerprint density at radius 1 is 1.12 bits per heavy atom. The van der Waals surface area contributed by atoms with Crippen LogP contribution in [0.4, 0.5) is 0 Å². The maximum Gasteiger partial charge on any atom is 0.234 e. The van der Waals surface area contributed by atoms with Crippen molar-refractivity contribution in [3.63, 3.8) is 0 Å². The Morgan fingerprint density at radius 3 is 2.44 bits per heavy atom. The molecule has 0 fully saturated rings. The van der Waals surface area contributed by atoms with Gasteiger partial charge in [0, 0.05) is 29.2 Å². The third-order valence-electron chi connectivity index (χ3n) is 3.52. The minimum absolute atomic E-state index is 0.302. The van der Waals surface area contributed by atoms with E-state index in [-0.39, 0.29) is 6.04 Å². The van der Waals surface area contributed by atoms with Crippen molar-refractivity contribution in [3.8, 4) is 0 Å². The Labute approximate surface area is 154 Å². The van der Waals surface area contributed by atoms with E-state index in [9.17, 15) is 8.42 Å². The summed E-state index contributed by atoms with van der Waals surface area (Å²) in [6.45, 7) is 2.54. The quantitative estimate of drug-likeness (QED) is 0.528. The highest BCUT2D eigenvalue weighted by Gasteiger charge is 2.13. The first-order chi connectivity index (χ1) is 12.0. The number of nitrogens with one attached hydrogen (secondary N) is 1. The second kappa shape index (κ2) is 9.77. The van der Waals surface area contributed by atoms with Gasteiger partial charge in [-0.15, -0.1) is 11.8 Å². The number of hydrogen-bond donors (Lipinski definition) is 1. The zero-order chi connectivity index (χ0) is 18.1. The molecule has 1 atom stereocenters. The molecule has 25 heavy (non-hydrogen) atoms. The summed E-state index contributed by atoms with van der Waals surface area (Å²) in [5.74, 6) is 0.891. The molecule has 1 unspecified atom stereocenters. The molecule has 0 saturated heterocycles. The lowest BCUT2D eigenvalue weighted by Crippen LogP contribution is -2.24. The SMILES string of the molecule is COCCSc1ccc(C(C)NS(=O)(=O)/C=C/c2ccccc2)cc1. The number of hydrogen-bond acceptors (Lipinski definition) is 4. The van der Waals surface area contributed by atoms with Crippen LogP contribution < -0.4 is 4.72 Å². The van der Waals surface area contributed by atoms with Crippen LogP contribution in [0.2, 0.25) is 0 Å². The predicted octanol–water partition coefficient (Wildman–Crippen LogP) is 4.08. The number of thioether (sulfide) groups is 1. The molecule has 134 valence electrons. The second-order valence-corrected chi connectivity index (χ2v) is 8.27. The second-order valence-electron chi connectivity index (χ2n) is 5.51. The lowest BCUT2D eigenvalue weighted by Gasteiger charge is -2.13. The van der Waals surface area contributed by atoms with Gasteiger partial charge in [-0.1, -0.05) is 42.5 Å². The van der Waals surface area contributed by atoms with Crippen molar-refractivity contribution in [2.75, 3.05) is 19.5 Å². The summed E-state index contributed by atoms with van der Waals surface area (Å²) in [7, 11) is -1.82. The minimum atomic E-state index is -3.51. The first-order valence-electron chi connectivity index (χ1n) is 7.97. The molecule has 0 bridgehead atoms. The number of benzene rings is 2. The van der Waals surface area contributed by atoms with Crippen LogP contribution in [0.25, 0.3) is 6.08 Å². The molecule has 0 spiro atoms. The molecule has 1 N–H and O–H groups in total. The summed E-state index contributed by atoms with van der Waals surface area (Å²) in [6, 6.07) is 16.9. The molecule has 0 amide bonds. The van der Waals surface area contributed by atoms with Crippen molar-refractivity contribution in [2.24, 2.45) is 0 Å². The standard InChI is InChI=1S/C19H23NO3S2/c1-16(18-8-10-19(11-9-18)24-14-13-23-2)20-25(21,22)15-12-17-6-4-3-5-7-17/h3-12,15-16,20H,13-14H2,1-2H3/b15-12+. The number of ether oxygens (including phenoxy) is 1. The molecule has 0 aliphatic carbocycles. The van der Waals surface area contributed by atoms with Gasteiger partial charge in [-0.05, 0) is 36.3 Å². The Morgan fingerprint density at radius 2 is 1.80 bits per heavy atom. The summed E-state index contributed by atoms with van der Waals surface area (Å²) in [4.78, 5) is 1.14. The monoisotopic (exact) mass is 377 g/mol. The fourth-order valence-electron chi connectivity index (χ4n) is 2.18. The van der Waals surface area contributed by atoms with E-state index in [1.807, 2.05) is 61.5 Å². The van der Waals surface area contributed by atoms with Gasteiger partial charge in [0.1, 0.15) is 0 Å². The zero-order valence-corrected chi connectivity index (χ0v) is 16.0. The highest BCUT2D eigenvalue weighted by atomic mass is 32.2. The maximum atomic E-state index is 12.2. The van der Waals surface area contributed by atoms with Crippen molar-refractivity contribution in [1.29, 1.82) is 0 Å². The topological polar surface area (TPSA) is 55.4 Å². The fourth-order valence-corrected chi connectivity index (χ4v) is 4.04. The van der Waals surface area contributed by atoms with E-state index in [2.05, 4.69) is 4.72 Å². The first-order valence-corrected chi connectivity index (χ1v) is 10.5. The molecule has 0 saturated carbocycles. The summed E-state index contributed by atoms with van der Waals surface area (Å²) < 4.78 is 32.1. The first kappa shape index (κ1) is 19.7. The van der Waals surface area contributed by atoms with Crippen LogP contribution in [0.5, 0.6) is 0 Å². The van der Waals surface area contributed by atoms with Crippen LogP contribution in [-0.4, -0.2) is 27.9 Å². The molecule has 2 rings (SSSR count). The Bertz CT molecular complexity index is 772. The van der Waals surface area contributed by atoms with Crippen molar-refractivity contribution >= 4 is 27.9 Å². The van der Waals surface area contributed by atoms with E-state index in [1.165, 1.54) is 5.41 Å². The molecule has 2 aromatic carbocycles. The predicted molar refractivity (Wildman–Crippen MR) is 105 cm³/mol. The van der Waals surface area contributed by atoms with Gasteiger partial charge in [-0.25, -0.2) is 13.1 Å². The average Bonchev–Trinajstić information content (AvgIpc) is 2.61. The molecule has 0 radical (unpaired) electrons. The largest absolute Gasteiger partial charge is 0.384 e. The van der Waals surface area contributed by atoms with E-state index in [1.54, 1.807) is 24.9 Å². The van der Waals surface area contributed by atoms with Gasteiger partial charge in [0.15, 0.2) is 0 Å². The number of rotatable bonds is 9. The molecule has 0 aromatic heterocycles. The van der Waals surface area contributed by atoms with Crippen LogP contribution in [-0.2, 0) is 14.8 Å². The third-order valence-corrected chi connectivity index (χ3v) is 5.67. The molecule has 2 aromatic rings. The highest BCUT2D eigenvalue weighted by Crippen LogP contribution is 2.21. The van der Waals surface area contributed by atoms with E-state index < -0.39 is 10.0 Å². The van der Waals surface area contributed by atoms with Gasteiger partial charge in [0.25, 0.3) is 0 Å². The van der Waals surface area contributed by atoms with Gasteiger partial charge in [-0.3, -0.25) is 0 Å². The molecule has 0 aliphatic rings. The van der Waals surface area contributed by atoms with Crippen LogP contribution in [0.3, 0.4) is 0 Å². The number of sulfonamides is 1. The summed E-state index contributed by atoms with van der Waals surface area (Å²) in [5, 5.41) is 1.20. The minimum Gasteiger partial charge on any atom is -0.384 e. The molecule has 0 aliphatic heterocycles. The van der Waals surface area contributed by atoms with Crippen molar-refractivity contribution in [2.45, 2.75) is 17.9 Å². The van der Waals surface area contributed by atoms with Crippen LogP contribution in [0, 0.1) is 0 Å². The zero-order valence-electron chi connectivity index (χ0n) is 14.4. The van der Waals surface area contributed by atoms with E-state index in [4.69, 9.17) is 4.74 Å². The van der Waals surface area contributed by atoms with Crippen LogP contribution >= 0.6 is 11.8 Å². The third kappa shape index (κ3) is 7.04. The molecule has 0 heterocycles. The van der Waals surface area contributed by atoms with Crippen molar-refractivity contribution in [3.05, 3.63) is 71.1 Å². The Balaban J connectivity index is 1.95. The van der Waals surface area contributed by atoms with Gasteiger partial charge in [0.05, 0.1) is 6.61 Å². The van der Waals surface area contributed by atoms with E-state index >= 15 is 0 Å². The lowest BCUT2D eigenvalue weighted by molar-refractivity contribution is 0.218. The normalized spacial score (nSPS) is 13.2. The van der Waals surface area contributed by atoms with E-state index in [0.29, 0.717) is 6.61 Å². The van der Waals surface area contributed by atoms with Crippen LogP contribution in [0.1, 0.15) is 24.1 Å². The van der Waals surface area contributed by atoms with Crippen LogP contribution in [0.15, 0.2) is 64.9 Å². The summed E-state index contributed by atoms with van der Waals surface area (Å²) >= 11 is 1.71. The van der Waals surface area contributed by atoms with Gasteiger partial charge < -0.3 is 4.74 Å². The molecular weight excluding hydrogens is 354 g/mol. The van der Waals surface area contributed by atoms with Crippen molar-refractivity contribution < 1.29 is 13.2 Å². The lowest BCUT2D eigenvalue weighted by atomic mass is 10.1. The number of methoxy groups -OCH3 is 1. The molecule has 4 nitrogen and oxygen atoms in total. The van der Waals surface area contributed by atoms with Crippen molar-refractivity contribution in [1.82, 2.24) is 4.72 Å².